The Balaban J connectivity index is 3.17. The van der Waals surface area contributed by atoms with Gasteiger partial charge in [-0.15, -0.1) is 0 Å². The zero-order valence-electron chi connectivity index (χ0n) is 2.72. The molecule has 0 atom stereocenters. The largest absolute Gasteiger partial charge is 0.356 e. The lowest BCUT2D eigenvalue weighted by atomic mass is 11.1. The van der Waals surface area contributed by atoms with E-state index in [1.165, 1.54) is 4.84 Å². The minimum absolute atomic E-state index is 1.24. The molecule has 0 spiro atoms. The zero-order valence-corrected chi connectivity index (χ0v) is 3.48. The van der Waals surface area contributed by atoms with E-state index >= 15 is 0 Å². The maximum absolute atomic E-state index is 7.69. The van der Waals surface area contributed by atoms with E-state index in [9.17, 15) is 0 Å². The third-order valence-electron chi connectivity index (χ3n) is 0.127. The maximum atomic E-state index is 7.69. The van der Waals surface area contributed by atoms with Crippen LogP contribution >= 0.6 is 11.8 Å². The zero-order chi connectivity index (χ0) is 5.21. The van der Waals surface area contributed by atoms with Gasteiger partial charge in [-0.1, -0.05) is 0 Å². The van der Waals surface area contributed by atoms with Gasteiger partial charge in [0, 0.05) is 0 Å². The number of nitrogens with one attached hydrogen (secondary N) is 1. The van der Waals surface area contributed by atoms with Crippen LogP contribution in [0.25, 0.3) is 0 Å². The van der Waals surface area contributed by atoms with Crippen molar-refractivity contribution in [2.75, 3.05) is 0 Å². The average Bonchev–Trinajstić information content (AvgIpc) is 1.35. The number of hydrogen-bond donors (Lipinski definition) is 4. The van der Waals surface area contributed by atoms with Crippen molar-refractivity contribution in [1.29, 1.82) is 0 Å². The Bertz CT molecular complexity index is 40.5. The Morgan fingerprint density at radius 1 is 1.33 bits per heavy atom. The summed E-state index contributed by atoms with van der Waals surface area (Å²) in [6, 6.07) is 0. The molecule has 0 aromatic rings. The summed E-state index contributed by atoms with van der Waals surface area (Å²) < 4.78 is 0. The first kappa shape index (κ1) is 6.13. The molecule has 0 unspecified atom stereocenters. The van der Waals surface area contributed by atoms with Gasteiger partial charge in [0.2, 0.25) is 0 Å². The first-order chi connectivity index (χ1) is 2.56. The van der Waals surface area contributed by atoms with Crippen LogP contribution in [0, 0.1) is 0 Å². The molecule has 0 fully saturated rings. The Morgan fingerprint density at radius 3 is 1.50 bits per heavy atom. The summed E-state index contributed by atoms with van der Waals surface area (Å²) in [5.74, 6) is 0. The Kier molecular flexibility index (Phi) is 1.76. The molecule has 38 valence electrons. The van der Waals surface area contributed by atoms with Gasteiger partial charge >= 0.3 is 6.10 Å². The lowest BCUT2D eigenvalue weighted by molar-refractivity contribution is -0.318. The van der Waals surface area contributed by atoms with E-state index in [1.807, 2.05) is 0 Å². The van der Waals surface area contributed by atoms with Crippen molar-refractivity contribution in [3.05, 3.63) is 0 Å². The smallest absolute Gasteiger partial charge is 0.329 e. The van der Waals surface area contributed by atoms with Crippen molar-refractivity contribution < 1.29 is 15.3 Å². The first-order valence-electron chi connectivity index (χ1n) is 1.11. The highest BCUT2D eigenvalue weighted by Gasteiger charge is 2.13. The number of rotatable bonds is 1. The molecule has 0 saturated heterocycles. The van der Waals surface area contributed by atoms with Gasteiger partial charge in [-0.25, -0.2) is 0 Å². The van der Waals surface area contributed by atoms with Gasteiger partial charge in [-0.05, 0) is 11.8 Å². The van der Waals surface area contributed by atoms with Crippen LogP contribution in [0.3, 0.4) is 0 Å². The van der Waals surface area contributed by atoms with Gasteiger partial charge in [0.25, 0.3) is 0 Å². The average molecular weight is 114 g/mol. The van der Waals surface area contributed by atoms with Gasteiger partial charge in [0.15, 0.2) is 0 Å². The van der Waals surface area contributed by atoms with Crippen LogP contribution in [-0.4, -0.2) is 21.4 Å². The van der Waals surface area contributed by atoms with E-state index in [-0.39, 0.29) is 0 Å². The van der Waals surface area contributed by atoms with Crippen LogP contribution in [-0.2, 0) is 0 Å². The topological polar surface area (TPSA) is 72.7 Å². The Hall–Kier alpha value is 0.130. The molecule has 0 aliphatic rings. The molecule has 0 aliphatic heterocycles. The summed E-state index contributed by atoms with van der Waals surface area (Å²) >= 11 is 4.48. The summed E-state index contributed by atoms with van der Waals surface area (Å²) in [6.45, 7) is 0. The molecule has 0 radical (unpaired) electrons. The lowest BCUT2D eigenvalue weighted by Gasteiger charge is -2.07. The molecular formula is CH4ClNO3. The molecule has 0 aromatic carbocycles. The second-order valence-corrected chi connectivity index (χ2v) is 0.919. The quantitative estimate of drug-likeness (QED) is 0.242. The molecule has 4 nitrogen and oxygen atoms in total. The normalized spacial score (nSPS) is 12.0. The van der Waals surface area contributed by atoms with Crippen LogP contribution in [0.2, 0.25) is 0 Å². The maximum Gasteiger partial charge on any atom is 0.356 e. The predicted molar refractivity (Wildman–Crippen MR) is 18.4 cm³/mol. The molecular weight excluding hydrogens is 109 g/mol. The predicted octanol–water partition coefficient (Wildman–Crippen LogP) is -1.68. The van der Waals surface area contributed by atoms with Crippen molar-refractivity contribution >= 4 is 11.8 Å². The molecule has 5 heteroatoms. The molecule has 4 N–H and O–H groups in total. The fraction of sp³-hybridized carbons (Fsp3) is 1.00. The highest BCUT2D eigenvalue weighted by molar-refractivity contribution is 6.13. The van der Waals surface area contributed by atoms with Crippen LogP contribution in [0.4, 0.5) is 0 Å². The molecule has 0 saturated carbocycles. The molecule has 0 aliphatic carbocycles. The monoisotopic (exact) mass is 113 g/mol. The molecule has 0 bridgehead atoms. The lowest BCUT2D eigenvalue weighted by Crippen LogP contribution is -2.38. The van der Waals surface area contributed by atoms with Crippen LogP contribution in [0.15, 0.2) is 0 Å². The molecule has 0 rings (SSSR count). The van der Waals surface area contributed by atoms with Gasteiger partial charge < -0.3 is 15.3 Å². The summed E-state index contributed by atoms with van der Waals surface area (Å²) in [4.78, 5) is 1.24. The van der Waals surface area contributed by atoms with E-state index < -0.39 is 6.10 Å². The molecule has 0 heterocycles. The van der Waals surface area contributed by atoms with E-state index in [2.05, 4.69) is 11.8 Å². The van der Waals surface area contributed by atoms with Crippen molar-refractivity contribution in [2.24, 2.45) is 0 Å². The molecule has 6 heavy (non-hydrogen) atoms. The highest BCUT2D eigenvalue weighted by atomic mass is 35.5. The van der Waals surface area contributed by atoms with Crippen LogP contribution in [0.5, 0.6) is 0 Å². The van der Waals surface area contributed by atoms with E-state index in [4.69, 9.17) is 15.3 Å². The summed E-state index contributed by atoms with van der Waals surface area (Å²) in [5, 5.41) is 23.1. The van der Waals surface area contributed by atoms with E-state index in [0.29, 0.717) is 0 Å². The Labute approximate surface area is 39.1 Å². The molecule has 0 amide bonds. The van der Waals surface area contributed by atoms with Gasteiger partial charge in [0.05, 0.1) is 0 Å². The summed E-state index contributed by atoms with van der Waals surface area (Å²) in [6.07, 6.45) is -2.94. The number of halogens is 1. The third-order valence-corrected chi connectivity index (χ3v) is 0.380. The van der Waals surface area contributed by atoms with Crippen LogP contribution < -0.4 is 4.84 Å². The van der Waals surface area contributed by atoms with Crippen LogP contribution in [0.1, 0.15) is 0 Å². The second-order valence-electron chi connectivity index (χ2n) is 0.730. The van der Waals surface area contributed by atoms with Crippen molar-refractivity contribution in [1.82, 2.24) is 4.84 Å². The highest BCUT2D eigenvalue weighted by Crippen LogP contribution is 1.82. The number of aliphatic hydroxyl groups is 3. The van der Waals surface area contributed by atoms with E-state index in [1.54, 1.807) is 0 Å². The SMILES string of the molecule is OC(O)(O)NCl. The summed E-state index contributed by atoms with van der Waals surface area (Å²) in [5.41, 5.74) is 0. The van der Waals surface area contributed by atoms with Crippen molar-refractivity contribution in [2.45, 2.75) is 6.10 Å². The number of hydrogen-bond acceptors (Lipinski definition) is 4. The van der Waals surface area contributed by atoms with Crippen molar-refractivity contribution in [3.8, 4) is 0 Å². The van der Waals surface area contributed by atoms with Gasteiger partial charge in [0.1, 0.15) is 0 Å². The molecule has 0 aromatic heterocycles. The van der Waals surface area contributed by atoms with Crippen molar-refractivity contribution in [3.63, 3.8) is 0 Å². The van der Waals surface area contributed by atoms with E-state index in [0.717, 1.165) is 0 Å². The fourth-order valence-electron chi connectivity index (χ4n) is 0. The van der Waals surface area contributed by atoms with Gasteiger partial charge in [-0.3, -0.25) is 0 Å². The third kappa shape index (κ3) is 4.13. The second kappa shape index (κ2) is 1.72. The minimum Gasteiger partial charge on any atom is -0.329 e. The van der Waals surface area contributed by atoms with Gasteiger partial charge in [-0.2, -0.15) is 4.84 Å². The fourth-order valence-corrected chi connectivity index (χ4v) is 0. The summed E-state index contributed by atoms with van der Waals surface area (Å²) in [7, 11) is 0. The minimum atomic E-state index is -2.94. The Morgan fingerprint density at radius 2 is 1.50 bits per heavy atom. The standard InChI is InChI=1S/CH4ClNO3/c2-3-1(4,5)6/h3-6H. The first-order valence-corrected chi connectivity index (χ1v) is 1.49.